The van der Waals surface area contributed by atoms with Crippen molar-refractivity contribution >= 4 is 0 Å². The summed E-state index contributed by atoms with van der Waals surface area (Å²) in [5.74, 6) is 0.796. The predicted octanol–water partition coefficient (Wildman–Crippen LogP) is 5.69. The van der Waals surface area contributed by atoms with Crippen molar-refractivity contribution in [3.05, 3.63) is 35.4 Å². The van der Waals surface area contributed by atoms with Crippen molar-refractivity contribution in [2.45, 2.75) is 71.3 Å². The van der Waals surface area contributed by atoms with Gasteiger partial charge in [0, 0.05) is 0 Å². The van der Waals surface area contributed by atoms with Crippen LogP contribution in [-0.4, -0.2) is 6.61 Å². The smallest absolute Gasteiger partial charge is 0.0825 e. The van der Waals surface area contributed by atoms with E-state index in [4.69, 9.17) is 4.74 Å². The molecule has 0 radical (unpaired) electrons. The van der Waals surface area contributed by atoms with Crippen LogP contribution >= 0.6 is 0 Å². The molecule has 2 atom stereocenters. The van der Waals surface area contributed by atoms with Crippen molar-refractivity contribution in [2.24, 2.45) is 5.92 Å². The second kappa shape index (κ2) is 8.46. The molecular weight excluding hydrogens is 244 g/mol. The first-order chi connectivity index (χ1) is 9.83. The van der Waals surface area contributed by atoms with E-state index in [0.717, 1.165) is 12.5 Å². The van der Waals surface area contributed by atoms with Gasteiger partial charge < -0.3 is 4.74 Å². The van der Waals surface area contributed by atoms with Gasteiger partial charge in [-0.05, 0) is 49.1 Å². The van der Waals surface area contributed by atoms with E-state index in [1.54, 1.807) is 0 Å². The van der Waals surface area contributed by atoms with Gasteiger partial charge in [0.25, 0.3) is 0 Å². The Balaban J connectivity index is 1.81. The molecular formula is C19H30O. The van der Waals surface area contributed by atoms with Gasteiger partial charge in [-0.2, -0.15) is 0 Å². The van der Waals surface area contributed by atoms with E-state index in [1.165, 1.54) is 62.5 Å². The lowest BCUT2D eigenvalue weighted by molar-refractivity contribution is -0.0194. The normalized spacial score (nSPS) is 22.9. The summed E-state index contributed by atoms with van der Waals surface area (Å²) in [5.41, 5.74) is 2.85. The standard InChI is InChI=1S/C19H30O/c1-3-5-6-8-16-9-12-18(13-10-16)19-14-11-17(7-4-2)15-20-19/h9-10,12-13,17,19H,3-8,11,14-15H2,1-2H3. The molecule has 0 aliphatic carbocycles. The molecule has 1 nitrogen and oxygen atoms in total. The molecule has 1 heterocycles. The first-order valence-corrected chi connectivity index (χ1v) is 8.54. The van der Waals surface area contributed by atoms with Crippen molar-refractivity contribution in [1.82, 2.24) is 0 Å². The molecule has 2 rings (SSSR count). The third-order valence-corrected chi connectivity index (χ3v) is 4.49. The Kier molecular flexibility index (Phi) is 6.59. The van der Waals surface area contributed by atoms with Crippen LogP contribution in [0, 0.1) is 5.92 Å². The number of aryl methyl sites for hydroxylation is 1. The van der Waals surface area contributed by atoms with E-state index in [-0.39, 0.29) is 0 Å². The Morgan fingerprint density at radius 3 is 2.40 bits per heavy atom. The third kappa shape index (κ3) is 4.63. The van der Waals surface area contributed by atoms with E-state index >= 15 is 0 Å². The van der Waals surface area contributed by atoms with Gasteiger partial charge >= 0.3 is 0 Å². The van der Waals surface area contributed by atoms with Gasteiger partial charge in [0.1, 0.15) is 0 Å². The molecule has 0 saturated carbocycles. The molecule has 1 aromatic carbocycles. The fourth-order valence-electron chi connectivity index (χ4n) is 3.18. The van der Waals surface area contributed by atoms with Crippen LogP contribution in [0.25, 0.3) is 0 Å². The lowest BCUT2D eigenvalue weighted by Gasteiger charge is -2.29. The highest BCUT2D eigenvalue weighted by Gasteiger charge is 2.22. The average molecular weight is 274 g/mol. The van der Waals surface area contributed by atoms with Crippen LogP contribution in [0.4, 0.5) is 0 Å². The summed E-state index contributed by atoms with van der Waals surface area (Å²) >= 11 is 0. The quantitative estimate of drug-likeness (QED) is 0.581. The second-order valence-corrected chi connectivity index (χ2v) is 6.25. The SMILES string of the molecule is CCCCCc1ccc(C2CCC(CCC)CO2)cc1. The van der Waals surface area contributed by atoms with Crippen LogP contribution in [-0.2, 0) is 11.2 Å². The minimum atomic E-state index is 0.341. The highest BCUT2D eigenvalue weighted by Crippen LogP contribution is 2.32. The van der Waals surface area contributed by atoms with Crippen molar-refractivity contribution in [3.63, 3.8) is 0 Å². The lowest BCUT2D eigenvalue weighted by Crippen LogP contribution is -2.20. The molecule has 1 saturated heterocycles. The summed E-state index contributed by atoms with van der Waals surface area (Å²) < 4.78 is 6.07. The van der Waals surface area contributed by atoms with Gasteiger partial charge in [0.05, 0.1) is 12.7 Å². The van der Waals surface area contributed by atoms with Crippen LogP contribution < -0.4 is 0 Å². The zero-order valence-corrected chi connectivity index (χ0v) is 13.2. The largest absolute Gasteiger partial charge is 0.373 e. The van der Waals surface area contributed by atoms with Gasteiger partial charge in [-0.25, -0.2) is 0 Å². The maximum absolute atomic E-state index is 6.07. The highest BCUT2D eigenvalue weighted by molar-refractivity contribution is 5.24. The second-order valence-electron chi connectivity index (χ2n) is 6.25. The van der Waals surface area contributed by atoms with E-state index in [0.29, 0.717) is 6.10 Å². The van der Waals surface area contributed by atoms with Gasteiger partial charge in [-0.3, -0.25) is 0 Å². The average Bonchev–Trinajstić information content (AvgIpc) is 2.49. The van der Waals surface area contributed by atoms with Crippen molar-refractivity contribution in [3.8, 4) is 0 Å². The molecule has 1 heteroatoms. The molecule has 0 aromatic heterocycles. The minimum Gasteiger partial charge on any atom is -0.373 e. The fourth-order valence-corrected chi connectivity index (χ4v) is 3.18. The number of unbranched alkanes of at least 4 members (excludes halogenated alkanes) is 2. The number of hydrogen-bond acceptors (Lipinski definition) is 1. The highest BCUT2D eigenvalue weighted by atomic mass is 16.5. The molecule has 20 heavy (non-hydrogen) atoms. The topological polar surface area (TPSA) is 9.23 Å². The Labute approximate surface area is 124 Å². The molecule has 1 fully saturated rings. The van der Waals surface area contributed by atoms with Crippen LogP contribution in [0.15, 0.2) is 24.3 Å². The van der Waals surface area contributed by atoms with Crippen molar-refractivity contribution in [1.29, 1.82) is 0 Å². The number of rotatable bonds is 7. The van der Waals surface area contributed by atoms with Crippen LogP contribution in [0.5, 0.6) is 0 Å². The summed E-state index contributed by atoms with van der Waals surface area (Å²) in [6.07, 6.45) is 10.6. The van der Waals surface area contributed by atoms with E-state index in [2.05, 4.69) is 38.1 Å². The number of hydrogen-bond donors (Lipinski definition) is 0. The monoisotopic (exact) mass is 274 g/mol. The molecule has 0 amide bonds. The molecule has 0 spiro atoms. The minimum absolute atomic E-state index is 0.341. The maximum Gasteiger partial charge on any atom is 0.0825 e. The van der Waals surface area contributed by atoms with E-state index in [9.17, 15) is 0 Å². The summed E-state index contributed by atoms with van der Waals surface area (Å²) in [7, 11) is 0. The molecule has 112 valence electrons. The Morgan fingerprint density at radius 2 is 1.80 bits per heavy atom. The zero-order valence-electron chi connectivity index (χ0n) is 13.2. The Morgan fingerprint density at radius 1 is 1.00 bits per heavy atom. The third-order valence-electron chi connectivity index (χ3n) is 4.49. The number of benzene rings is 1. The first kappa shape index (κ1) is 15.6. The zero-order chi connectivity index (χ0) is 14.2. The molecule has 0 bridgehead atoms. The van der Waals surface area contributed by atoms with Crippen molar-refractivity contribution in [2.75, 3.05) is 6.61 Å². The van der Waals surface area contributed by atoms with Gasteiger partial charge in [0.2, 0.25) is 0 Å². The summed E-state index contributed by atoms with van der Waals surface area (Å²) in [4.78, 5) is 0. The van der Waals surface area contributed by atoms with Gasteiger partial charge in [0.15, 0.2) is 0 Å². The van der Waals surface area contributed by atoms with E-state index < -0.39 is 0 Å². The van der Waals surface area contributed by atoms with Gasteiger partial charge in [-0.15, -0.1) is 0 Å². The first-order valence-electron chi connectivity index (χ1n) is 8.54. The summed E-state index contributed by atoms with van der Waals surface area (Å²) in [6, 6.07) is 9.16. The molecule has 0 N–H and O–H groups in total. The predicted molar refractivity (Wildman–Crippen MR) is 86.0 cm³/mol. The molecule has 1 aliphatic heterocycles. The number of ether oxygens (including phenoxy) is 1. The Bertz CT molecular complexity index is 360. The Hall–Kier alpha value is -0.820. The van der Waals surface area contributed by atoms with Crippen LogP contribution in [0.2, 0.25) is 0 Å². The maximum atomic E-state index is 6.07. The summed E-state index contributed by atoms with van der Waals surface area (Å²) in [5, 5.41) is 0. The lowest BCUT2D eigenvalue weighted by atomic mass is 9.91. The van der Waals surface area contributed by atoms with Crippen molar-refractivity contribution < 1.29 is 4.74 Å². The van der Waals surface area contributed by atoms with E-state index in [1.807, 2.05) is 0 Å². The summed E-state index contributed by atoms with van der Waals surface area (Å²) in [6.45, 7) is 5.48. The molecule has 1 aliphatic rings. The fraction of sp³-hybridized carbons (Fsp3) is 0.684. The van der Waals surface area contributed by atoms with Gasteiger partial charge in [-0.1, -0.05) is 57.4 Å². The van der Waals surface area contributed by atoms with Crippen LogP contribution in [0.1, 0.15) is 76.0 Å². The molecule has 2 unspecified atom stereocenters. The molecule has 1 aromatic rings. The van der Waals surface area contributed by atoms with Crippen LogP contribution in [0.3, 0.4) is 0 Å².